The Hall–Kier alpha value is -2.48. The molecule has 1 fully saturated rings. The Balaban J connectivity index is 1.48. The van der Waals surface area contributed by atoms with Gasteiger partial charge in [-0.05, 0) is 54.4 Å². The topological polar surface area (TPSA) is 64.4 Å². The molecule has 1 saturated heterocycles. The van der Waals surface area contributed by atoms with Gasteiger partial charge in [0.05, 0.1) is 11.2 Å². The lowest BCUT2D eigenvalue weighted by Crippen LogP contribution is -2.05. The molecule has 0 aliphatic carbocycles. The Morgan fingerprint density at radius 3 is 2.93 bits per heavy atom. The normalized spacial score (nSPS) is 16.7. The quantitative estimate of drug-likeness (QED) is 0.460. The van der Waals surface area contributed by atoms with Crippen molar-refractivity contribution in [3.63, 3.8) is 0 Å². The van der Waals surface area contributed by atoms with Gasteiger partial charge in [-0.25, -0.2) is 0 Å². The van der Waals surface area contributed by atoms with Crippen molar-refractivity contribution in [2.45, 2.75) is 25.6 Å². The van der Waals surface area contributed by atoms with Gasteiger partial charge < -0.3 is 9.47 Å². The van der Waals surface area contributed by atoms with Crippen molar-refractivity contribution >= 4 is 30.0 Å². The summed E-state index contributed by atoms with van der Waals surface area (Å²) in [6.07, 6.45) is 3.53. The summed E-state index contributed by atoms with van der Waals surface area (Å²) in [6.45, 7) is 1.19. The van der Waals surface area contributed by atoms with E-state index in [9.17, 15) is 0 Å². The Bertz CT molecular complexity index is 1030. The van der Waals surface area contributed by atoms with E-state index in [1.165, 1.54) is 0 Å². The summed E-state index contributed by atoms with van der Waals surface area (Å²) in [5.74, 6) is 1.32. The number of nitrogens with one attached hydrogen (secondary N) is 1. The summed E-state index contributed by atoms with van der Waals surface area (Å²) in [7, 11) is 0. The van der Waals surface area contributed by atoms with Crippen LogP contribution in [0.3, 0.4) is 0 Å². The zero-order valence-corrected chi connectivity index (χ0v) is 16.6. The number of hydrogen-bond donors (Lipinski definition) is 1. The third-order valence-corrected chi connectivity index (χ3v) is 4.97. The van der Waals surface area contributed by atoms with Crippen LogP contribution < -0.4 is 4.74 Å². The predicted octanol–water partition coefficient (Wildman–Crippen LogP) is 4.91. The van der Waals surface area contributed by atoms with Gasteiger partial charge in [-0.1, -0.05) is 41.9 Å². The molecule has 1 atom stereocenters. The summed E-state index contributed by atoms with van der Waals surface area (Å²) in [6, 6.07) is 15.5. The average Bonchev–Trinajstić information content (AvgIpc) is 3.36. The standard InChI is InChI=1S/C20H19ClN4O2S/c21-16-11-15(8-9-17(16)27-13-14-5-2-1-3-6-14)12-22-25-19(23-24-20(25)28)18-7-4-10-26-18/h1-3,5-6,8-9,11-12,18H,4,7,10,13H2,(H,24,28)/b22-12-. The fraction of sp³-hybridized carbons (Fsp3) is 0.250. The third-order valence-electron chi connectivity index (χ3n) is 4.41. The zero-order valence-electron chi connectivity index (χ0n) is 15.0. The minimum absolute atomic E-state index is 0.0811. The van der Waals surface area contributed by atoms with Gasteiger partial charge in [-0.3, -0.25) is 5.10 Å². The number of benzene rings is 2. The molecule has 6 nitrogen and oxygen atoms in total. The van der Waals surface area contributed by atoms with Gasteiger partial charge in [-0.2, -0.15) is 14.9 Å². The maximum absolute atomic E-state index is 6.37. The molecule has 1 unspecified atom stereocenters. The van der Waals surface area contributed by atoms with Gasteiger partial charge in [0.15, 0.2) is 5.82 Å². The number of aromatic amines is 1. The van der Waals surface area contributed by atoms with Gasteiger partial charge in [0.25, 0.3) is 0 Å². The number of hydrogen-bond acceptors (Lipinski definition) is 5. The Kier molecular flexibility index (Phi) is 5.85. The predicted molar refractivity (Wildman–Crippen MR) is 111 cm³/mol. The van der Waals surface area contributed by atoms with E-state index in [0.29, 0.717) is 28.0 Å². The van der Waals surface area contributed by atoms with E-state index < -0.39 is 0 Å². The maximum Gasteiger partial charge on any atom is 0.216 e. The summed E-state index contributed by atoms with van der Waals surface area (Å²) in [4.78, 5) is 0. The molecule has 4 rings (SSSR count). The summed E-state index contributed by atoms with van der Waals surface area (Å²) < 4.78 is 13.5. The van der Waals surface area contributed by atoms with E-state index in [0.717, 1.165) is 30.6 Å². The maximum atomic E-state index is 6.37. The molecule has 3 aromatic rings. The Morgan fingerprint density at radius 1 is 1.32 bits per heavy atom. The molecule has 2 heterocycles. The molecule has 8 heteroatoms. The van der Waals surface area contributed by atoms with E-state index in [4.69, 9.17) is 33.3 Å². The van der Waals surface area contributed by atoms with Crippen LogP contribution in [0.15, 0.2) is 53.6 Å². The van der Waals surface area contributed by atoms with Gasteiger partial charge in [0, 0.05) is 6.61 Å². The lowest BCUT2D eigenvalue weighted by molar-refractivity contribution is 0.102. The molecule has 144 valence electrons. The van der Waals surface area contributed by atoms with Crippen LogP contribution in [0.5, 0.6) is 5.75 Å². The lowest BCUT2D eigenvalue weighted by atomic mass is 10.2. The Labute approximate surface area is 172 Å². The number of rotatable bonds is 6. The first-order chi connectivity index (χ1) is 13.7. The molecule has 1 aromatic heterocycles. The van der Waals surface area contributed by atoms with Crippen molar-refractivity contribution < 1.29 is 9.47 Å². The molecule has 28 heavy (non-hydrogen) atoms. The first kappa shape index (κ1) is 18.9. The van der Waals surface area contributed by atoms with E-state index in [1.807, 2.05) is 42.5 Å². The highest BCUT2D eigenvalue weighted by molar-refractivity contribution is 7.71. The molecular weight excluding hydrogens is 396 g/mol. The van der Waals surface area contributed by atoms with Crippen molar-refractivity contribution in [3.05, 3.63) is 75.3 Å². The Morgan fingerprint density at radius 2 is 2.18 bits per heavy atom. The van der Waals surface area contributed by atoms with E-state index in [2.05, 4.69) is 15.3 Å². The molecule has 0 saturated carbocycles. The first-order valence-corrected chi connectivity index (χ1v) is 9.79. The van der Waals surface area contributed by atoms with Crippen LogP contribution in [0, 0.1) is 4.77 Å². The van der Waals surface area contributed by atoms with Gasteiger partial charge in [0.2, 0.25) is 4.77 Å². The minimum atomic E-state index is -0.0811. The fourth-order valence-electron chi connectivity index (χ4n) is 2.98. The fourth-order valence-corrected chi connectivity index (χ4v) is 3.41. The smallest absolute Gasteiger partial charge is 0.216 e. The molecule has 0 radical (unpaired) electrons. The van der Waals surface area contributed by atoms with Gasteiger partial charge in [-0.15, -0.1) is 0 Å². The van der Waals surface area contributed by atoms with Crippen molar-refractivity contribution in [1.29, 1.82) is 0 Å². The average molecular weight is 415 g/mol. The van der Waals surface area contributed by atoms with Crippen LogP contribution in [-0.2, 0) is 11.3 Å². The largest absolute Gasteiger partial charge is 0.487 e. The summed E-state index contributed by atoms with van der Waals surface area (Å²) in [5, 5.41) is 12.0. The molecule has 2 aromatic carbocycles. The van der Waals surface area contributed by atoms with Crippen LogP contribution in [-0.4, -0.2) is 27.7 Å². The van der Waals surface area contributed by atoms with Crippen molar-refractivity contribution in [3.8, 4) is 5.75 Å². The van der Waals surface area contributed by atoms with Crippen LogP contribution >= 0.6 is 23.8 Å². The van der Waals surface area contributed by atoms with Crippen molar-refractivity contribution in [2.24, 2.45) is 5.10 Å². The van der Waals surface area contributed by atoms with Crippen LogP contribution in [0.25, 0.3) is 0 Å². The molecule has 0 amide bonds. The lowest BCUT2D eigenvalue weighted by Gasteiger charge is -2.09. The number of nitrogens with zero attached hydrogens (tertiary/aromatic N) is 3. The highest BCUT2D eigenvalue weighted by Gasteiger charge is 2.23. The van der Waals surface area contributed by atoms with Gasteiger partial charge in [0.1, 0.15) is 18.5 Å². The molecular formula is C20H19ClN4O2S. The number of halogens is 1. The minimum Gasteiger partial charge on any atom is -0.487 e. The summed E-state index contributed by atoms with van der Waals surface area (Å²) >= 11 is 11.7. The molecule has 1 aliphatic heterocycles. The second-order valence-corrected chi connectivity index (χ2v) is 7.20. The second-order valence-electron chi connectivity index (χ2n) is 6.41. The molecule has 1 N–H and O–H groups in total. The number of H-pyrrole nitrogens is 1. The van der Waals surface area contributed by atoms with E-state index in [1.54, 1.807) is 17.0 Å². The van der Waals surface area contributed by atoms with E-state index >= 15 is 0 Å². The molecule has 0 spiro atoms. The van der Waals surface area contributed by atoms with Crippen molar-refractivity contribution in [2.75, 3.05) is 6.61 Å². The zero-order chi connectivity index (χ0) is 19.3. The van der Waals surface area contributed by atoms with E-state index in [-0.39, 0.29) is 6.10 Å². The monoisotopic (exact) mass is 414 g/mol. The first-order valence-electron chi connectivity index (χ1n) is 9.00. The van der Waals surface area contributed by atoms with Crippen LogP contribution in [0.2, 0.25) is 5.02 Å². The highest BCUT2D eigenvalue weighted by Crippen LogP contribution is 2.28. The van der Waals surface area contributed by atoms with Crippen LogP contribution in [0.1, 0.15) is 35.9 Å². The number of aromatic nitrogens is 3. The second kappa shape index (κ2) is 8.68. The van der Waals surface area contributed by atoms with Gasteiger partial charge >= 0.3 is 0 Å². The molecule has 0 bridgehead atoms. The van der Waals surface area contributed by atoms with Crippen molar-refractivity contribution in [1.82, 2.24) is 14.9 Å². The number of ether oxygens (including phenoxy) is 2. The summed E-state index contributed by atoms with van der Waals surface area (Å²) in [5.41, 5.74) is 1.92. The SMILES string of the molecule is S=c1[nH]nc(C2CCCO2)n1/N=C\c1ccc(OCc2ccccc2)c(Cl)c1. The molecule has 1 aliphatic rings. The third kappa shape index (κ3) is 4.32. The van der Waals surface area contributed by atoms with Crippen LogP contribution in [0.4, 0.5) is 0 Å². The highest BCUT2D eigenvalue weighted by atomic mass is 35.5.